The lowest BCUT2D eigenvalue weighted by Gasteiger charge is -2.17. The molecule has 1 aromatic rings. The molecule has 0 saturated heterocycles. The molecule has 0 radical (unpaired) electrons. The lowest BCUT2D eigenvalue weighted by molar-refractivity contribution is 0.511. The van der Waals surface area contributed by atoms with Gasteiger partial charge in [-0.15, -0.1) is 0 Å². The maximum Gasteiger partial charge on any atom is 0.0994 e. The van der Waals surface area contributed by atoms with Crippen molar-refractivity contribution >= 4 is 5.69 Å². The van der Waals surface area contributed by atoms with Crippen LogP contribution < -0.4 is 11.1 Å². The van der Waals surface area contributed by atoms with Crippen molar-refractivity contribution in [3.63, 3.8) is 0 Å². The molecule has 1 aromatic carbocycles. The summed E-state index contributed by atoms with van der Waals surface area (Å²) >= 11 is 0. The van der Waals surface area contributed by atoms with Gasteiger partial charge in [0.1, 0.15) is 0 Å². The first-order valence-corrected chi connectivity index (χ1v) is 5.54. The largest absolute Gasteiger partial charge is 0.383 e. The second-order valence-electron chi connectivity index (χ2n) is 4.43. The van der Waals surface area contributed by atoms with Crippen molar-refractivity contribution in [2.24, 2.45) is 11.7 Å². The molecule has 3 heteroatoms. The summed E-state index contributed by atoms with van der Waals surface area (Å²) in [4.78, 5) is 0. The summed E-state index contributed by atoms with van der Waals surface area (Å²) in [6, 6.07) is 8.03. The molecule has 1 atom stereocenters. The summed E-state index contributed by atoms with van der Waals surface area (Å²) in [5.41, 5.74) is 8.68. The summed E-state index contributed by atoms with van der Waals surface area (Å²) in [6.07, 6.45) is 0. The van der Waals surface area contributed by atoms with E-state index in [0.29, 0.717) is 5.92 Å². The standard InChI is InChI=1S/C13H19N3/c1-9(2)13(15)8-16-12-5-4-11(7-14)10(3)6-12/h4-6,9,13,16H,8,15H2,1-3H3. The molecular formula is C13H19N3. The molecule has 0 amide bonds. The van der Waals surface area contributed by atoms with Gasteiger partial charge in [0, 0.05) is 18.3 Å². The van der Waals surface area contributed by atoms with Gasteiger partial charge in [-0.25, -0.2) is 0 Å². The third-order valence-electron chi connectivity index (χ3n) is 2.75. The molecule has 0 heterocycles. The summed E-state index contributed by atoms with van der Waals surface area (Å²) in [7, 11) is 0. The van der Waals surface area contributed by atoms with E-state index in [0.717, 1.165) is 23.4 Å². The highest BCUT2D eigenvalue weighted by atomic mass is 14.9. The van der Waals surface area contributed by atoms with Crippen LogP contribution >= 0.6 is 0 Å². The smallest absolute Gasteiger partial charge is 0.0994 e. The summed E-state index contributed by atoms with van der Waals surface area (Å²) in [5.74, 6) is 0.465. The van der Waals surface area contributed by atoms with Crippen molar-refractivity contribution in [3.8, 4) is 6.07 Å². The van der Waals surface area contributed by atoms with Crippen LogP contribution in [-0.4, -0.2) is 12.6 Å². The number of nitrogens with zero attached hydrogens (tertiary/aromatic N) is 1. The van der Waals surface area contributed by atoms with Crippen LogP contribution in [0.2, 0.25) is 0 Å². The van der Waals surface area contributed by atoms with E-state index in [-0.39, 0.29) is 6.04 Å². The van der Waals surface area contributed by atoms with Gasteiger partial charge in [-0.1, -0.05) is 13.8 Å². The SMILES string of the molecule is Cc1cc(NCC(N)C(C)C)ccc1C#N. The molecule has 16 heavy (non-hydrogen) atoms. The number of aryl methyl sites for hydroxylation is 1. The van der Waals surface area contributed by atoms with Gasteiger partial charge in [-0.05, 0) is 36.6 Å². The van der Waals surface area contributed by atoms with Crippen molar-refractivity contribution in [2.45, 2.75) is 26.8 Å². The van der Waals surface area contributed by atoms with Crippen LogP contribution in [0.3, 0.4) is 0 Å². The summed E-state index contributed by atoms with van der Waals surface area (Å²) in [5, 5.41) is 12.1. The van der Waals surface area contributed by atoms with E-state index in [4.69, 9.17) is 11.0 Å². The van der Waals surface area contributed by atoms with E-state index < -0.39 is 0 Å². The highest BCUT2D eigenvalue weighted by molar-refractivity contribution is 5.51. The van der Waals surface area contributed by atoms with E-state index in [1.54, 1.807) is 0 Å². The Morgan fingerprint density at radius 2 is 2.12 bits per heavy atom. The molecule has 0 aliphatic carbocycles. The lowest BCUT2D eigenvalue weighted by Crippen LogP contribution is -2.33. The van der Waals surface area contributed by atoms with Crippen molar-refractivity contribution in [1.29, 1.82) is 5.26 Å². The molecule has 0 fully saturated rings. The Hall–Kier alpha value is -1.53. The zero-order chi connectivity index (χ0) is 12.1. The normalized spacial score (nSPS) is 12.2. The van der Waals surface area contributed by atoms with Gasteiger partial charge in [0.25, 0.3) is 0 Å². The topological polar surface area (TPSA) is 61.8 Å². The molecule has 0 aliphatic rings. The first kappa shape index (κ1) is 12.5. The summed E-state index contributed by atoms with van der Waals surface area (Å²) in [6.45, 7) is 6.90. The van der Waals surface area contributed by atoms with Crippen molar-refractivity contribution in [1.82, 2.24) is 0 Å². The zero-order valence-corrected chi connectivity index (χ0v) is 10.1. The Balaban J connectivity index is 2.63. The quantitative estimate of drug-likeness (QED) is 0.813. The molecule has 3 nitrogen and oxygen atoms in total. The average molecular weight is 217 g/mol. The van der Waals surface area contributed by atoms with E-state index in [1.807, 2.05) is 25.1 Å². The number of anilines is 1. The molecule has 0 bridgehead atoms. The number of benzene rings is 1. The average Bonchev–Trinajstić information content (AvgIpc) is 2.25. The van der Waals surface area contributed by atoms with E-state index in [1.165, 1.54) is 0 Å². The highest BCUT2D eigenvalue weighted by Crippen LogP contribution is 2.14. The second-order valence-corrected chi connectivity index (χ2v) is 4.43. The Morgan fingerprint density at radius 1 is 1.44 bits per heavy atom. The molecule has 0 aromatic heterocycles. The van der Waals surface area contributed by atoms with Gasteiger partial charge in [-0.2, -0.15) is 5.26 Å². The van der Waals surface area contributed by atoms with Crippen LogP contribution in [0, 0.1) is 24.2 Å². The minimum absolute atomic E-state index is 0.149. The maximum atomic E-state index is 8.81. The Kier molecular flexibility index (Phi) is 4.33. The molecule has 0 aliphatic heterocycles. The van der Waals surface area contributed by atoms with Crippen molar-refractivity contribution < 1.29 is 0 Å². The molecule has 86 valence electrons. The van der Waals surface area contributed by atoms with E-state index >= 15 is 0 Å². The second kappa shape index (κ2) is 5.53. The highest BCUT2D eigenvalue weighted by Gasteiger charge is 2.07. The van der Waals surface area contributed by atoms with Crippen LogP contribution in [0.1, 0.15) is 25.0 Å². The molecule has 1 rings (SSSR count). The van der Waals surface area contributed by atoms with Gasteiger partial charge in [0.05, 0.1) is 11.6 Å². The van der Waals surface area contributed by atoms with Gasteiger partial charge < -0.3 is 11.1 Å². The molecule has 0 saturated carbocycles. The van der Waals surface area contributed by atoms with E-state index in [9.17, 15) is 0 Å². The van der Waals surface area contributed by atoms with Gasteiger partial charge >= 0.3 is 0 Å². The lowest BCUT2D eigenvalue weighted by atomic mass is 10.1. The fraction of sp³-hybridized carbons (Fsp3) is 0.462. The number of hydrogen-bond acceptors (Lipinski definition) is 3. The van der Waals surface area contributed by atoms with Crippen molar-refractivity contribution in [3.05, 3.63) is 29.3 Å². The predicted molar refractivity (Wildman–Crippen MR) is 67.2 cm³/mol. The van der Waals surface area contributed by atoms with Gasteiger partial charge in [-0.3, -0.25) is 0 Å². The zero-order valence-electron chi connectivity index (χ0n) is 10.1. The Morgan fingerprint density at radius 3 is 2.62 bits per heavy atom. The molecule has 3 N–H and O–H groups in total. The minimum atomic E-state index is 0.149. The predicted octanol–water partition coefficient (Wildman–Crippen LogP) is 2.26. The summed E-state index contributed by atoms with van der Waals surface area (Å²) < 4.78 is 0. The third kappa shape index (κ3) is 3.25. The number of nitriles is 1. The van der Waals surface area contributed by atoms with E-state index in [2.05, 4.69) is 25.2 Å². The minimum Gasteiger partial charge on any atom is -0.383 e. The number of hydrogen-bond donors (Lipinski definition) is 2. The fourth-order valence-corrected chi connectivity index (χ4v) is 1.37. The monoisotopic (exact) mass is 217 g/mol. The Bertz CT molecular complexity index is 391. The first-order valence-electron chi connectivity index (χ1n) is 5.54. The molecule has 1 unspecified atom stereocenters. The van der Waals surface area contributed by atoms with Gasteiger partial charge in [0.2, 0.25) is 0 Å². The first-order chi connectivity index (χ1) is 7.54. The van der Waals surface area contributed by atoms with Crippen LogP contribution in [0.15, 0.2) is 18.2 Å². The third-order valence-corrected chi connectivity index (χ3v) is 2.75. The fourth-order valence-electron chi connectivity index (χ4n) is 1.37. The molecular weight excluding hydrogens is 198 g/mol. The number of nitrogens with two attached hydrogens (primary N) is 1. The number of rotatable bonds is 4. The van der Waals surface area contributed by atoms with Gasteiger partial charge in [0.15, 0.2) is 0 Å². The maximum absolute atomic E-state index is 8.81. The van der Waals surface area contributed by atoms with Crippen LogP contribution in [0.25, 0.3) is 0 Å². The van der Waals surface area contributed by atoms with Crippen LogP contribution in [0.4, 0.5) is 5.69 Å². The molecule has 0 spiro atoms. The van der Waals surface area contributed by atoms with Crippen molar-refractivity contribution in [2.75, 3.05) is 11.9 Å². The number of nitrogens with one attached hydrogen (secondary N) is 1. The van der Waals surface area contributed by atoms with Crippen LogP contribution in [-0.2, 0) is 0 Å². The Labute approximate surface area is 97.3 Å². The van der Waals surface area contributed by atoms with Crippen LogP contribution in [0.5, 0.6) is 0 Å².